The number of aromatic nitrogens is 3. The van der Waals surface area contributed by atoms with Crippen LogP contribution in [0.1, 0.15) is 17.4 Å². The first-order valence-electron chi connectivity index (χ1n) is 7.68. The molecular formula is C17H17N5O4. The Morgan fingerprint density at radius 3 is 2.69 bits per heavy atom. The predicted molar refractivity (Wildman–Crippen MR) is 94.0 cm³/mol. The number of methoxy groups -OCH3 is 2. The van der Waals surface area contributed by atoms with E-state index in [9.17, 15) is 10.1 Å². The molecule has 0 spiro atoms. The van der Waals surface area contributed by atoms with Crippen molar-refractivity contribution in [2.45, 2.75) is 6.04 Å². The number of rotatable bonds is 6. The van der Waals surface area contributed by atoms with Crippen LogP contribution < -0.4 is 15.2 Å². The number of aromatic amines is 1. The van der Waals surface area contributed by atoms with Gasteiger partial charge in [-0.3, -0.25) is 15.2 Å². The van der Waals surface area contributed by atoms with Gasteiger partial charge in [-0.2, -0.15) is 5.10 Å². The van der Waals surface area contributed by atoms with E-state index in [0.717, 1.165) is 5.56 Å². The third-order valence-electron chi connectivity index (χ3n) is 3.88. The van der Waals surface area contributed by atoms with Crippen LogP contribution in [0.3, 0.4) is 0 Å². The fourth-order valence-corrected chi connectivity index (χ4v) is 2.51. The van der Waals surface area contributed by atoms with Crippen LogP contribution in [0.2, 0.25) is 0 Å². The average Bonchev–Trinajstić information content (AvgIpc) is 3.17. The minimum atomic E-state index is -0.542. The molecule has 1 aromatic heterocycles. The maximum atomic E-state index is 11.2. The molecule has 9 nitrogen and oxygen atoms in total. The van der Waals surface area contributed by atoms with Gasteiger partial charge in [0.25, 0.3) is 0 Å². The highest BCUT2D eigenvalue weighted by molar-refractivity contribution is 5.63. The number of nitro groups is 1. The van der Waals surface area contributed by atoms with Gasteiger partial charge in [0.1, 0.15) is 11.6 Å². The molecular weight excluding hydrogens is 338 g/mol. The lowest BCUT2D eigenvalue weighted by atomic mass is 10.1. The smallest absolute Gasteiger partial charge is 0.311 e. The summed E-state index contributed by atoms with van der Waals surface area (Å²) >= 11 is 0. The Morgan fingerprint density at radius 2 is 2.00 bits per heavy atom. The third-order valence-corrected chi connectivity index (χ3v) is 3.88. The van der Waals surface area contributed by atoms with E-state index in [1.54, 1.807) is 13.2 Å². The Balaban J connectivity index is 1.92. The zero-order valence-electron chi connectivity index (χ0n) is 14.2. The zero-order chi connectivity index (χ0) is 18.7. The number of nitrogens with zero attached hydrogens (tertiary/aromatic N) is 3. The van der Waals surface area contributed by atoms with E-state index in [0.29, 0.717) is 23.0 Å². The van der Waals surface area contributed by atoms with Crippen LogP contribution in [0.4, 0.5) is 5.69 Å². The zero-order valence-corrected chi connectivity index (χ0v) is 14.2. The molecule has 2 aromatic carbocycles. The molecule has 1 atom stereocenters. The van der Waals surface area contributed by atoms with Crippen LogP contribution in [-0.4, -0.2) is 34.3 Å². The normalized spacial score (nSPS) is 11.8. The number of hydrogen-bond acceptors (Lipinski definition) is 7. The van der Waals surface area contributed by atoms with E-state index < -0.39 is 11.0 Å². The predicted octanol–water partition coefficient (Wildman–Crippen LogP) is 2.45. The Labute approximate surface area is 148 Å². The SMILES string of the molecule is COc1cccc(C(N)c2nc(-c3ccc(OC)c([N+](=O)[O-])c3)n[nH]2)c1. The van der Waals surface area contributed by atoms with Crippen molar-refractivity contribution >= 4 is 5.69 Å². The lowest BCUT2D eigenvalue weighted by Crippen LogP contribution is -2.13. The van der Waals surface area contributed by atoms with Crippen molar-refractivity contribution in [3.8, 4) is 22.9 Å². The van der Waals surface area contributed by atoms with Crippen LogP contribution in [0.5, 0.6) is 11.5 Å². The van der Waals surface area contributed by atoms with E-state index >= 15 is 0 Å². The summed E-state index contributed by atoms with van der Waals surface area (Å²) in [6.07, 6.45) is 0. The second kappa shape index (κ2) is 7.19. The molecule has 0 aliphatic carbocycles. The van der Waals surface area contributed by atoms with Gasteiger partial charge in [-0.1, -0.05) is 12.1 Å². The van der Waals surface area contributed by atoms with Gasteiger partial charge in [-0.05, 0) is 29.8 Å². The van der Waals surface area contributed by atoms with Crippen LogP contribution in [0.25, 0.3) is 11.4 Å². The minimum absolute atomic E-state index is 0.159. The highest BCUT2D eigenvalue weighted by atomic mass is 16.6. The fraction of sp³-hybridized carbons (Fsp3) is 0.176. The van der Waals surface area contributed by atoms with E-state index in [-0.39, 0.29) is 11.4 Å². The monoisotopic (exact) mass is 355 g/mol. The molecule has 0 amide bonds. The Kier molecular flexibility index (Phi) is 4.81. The van der Waals surface area contributed by atoms with Crippen LogP contribution >= 0.6 is 0 Å². The van der Waals surface area contributed by atoms with Crippen molar-refractivity contribution in [2.24, 2.45) is 5.73 Å². The molecule has 3 rings (SSSR count). The molecule has 0 radical (unpaired) electrons. The van der Waals surface area contributed by atoms with Gasteiger partial charge in [-0.15, -0.1) is 0 Å². The number of nitrogens with two attached hydrogens (primary N) is 1. The molecule has 26 heavy (non-hydrogen) atoms. The van der Waals surface area contributed by atoms with E-state index in [4.69, 9.17) is 15.2 Å². The standard InChI is InChI=1S/C17H17N5O4/c1-25-12-5-3-4-10(8-12)15(18)17-19-16(20-21-17)11-6-7-14(26-2)13(9-11)22(23)24/h3-9,15H,18H2,1-2H3,(H,19,20,21). The van der Waals surface area contributed by atoms with Crippen molar-refractivity contribution < 1.29 is 14.4 Å². The molecule has 1 unspecified atom stereocenters. The van der Waals surface area contributed by atoms with Gasteiger partial charge in [0.05, 0.1) is 25.2 Å². The van der Waals surface area contributed by atoms with Gasteiger partial charge in [0.2, 0.25) is 0 Å². The van der Waals surface area contributed by atoms with Gasteiger partial charge < -0.3 is 15.2 Å². The summed E-state index contributed by atoms with van der Waals surface area (Å²) < 4.78 is 10.2. The average molecular weight is 355 g/mol. The molecule has 3 N–H and O–H groups in total. The number of nitrogens with one attached hydrogen (secondary N) is 1. The van der Waals surface area contributed by atoms with Gasteiger partial charge in [-0.25, -0.2) is 4.98 Å². The van der Waals surface area contributed by atoms with Crippen molar-refractivity contribution in [3.63, 3.8) is 0 Å². The maximum Gasteiger partial charge on any atom is 0.311 e. The molecule has 0 fully saturated rings. The number of ether oxygens (including phenoxy) is 2. The molecule has 3 aromatic rings. The summed E-state index contributed by atoms with van der Waals surface area (Å²) in [4.78, 5) is 15.0. The summed E-state index contributed by atoms with van der Waals surface area (Å²) in [5, 5.41) is 18.1. The molecule has 9 heteroatoms. The van der Waals surface area contributed by atoms with E-state index in [1.165, 1.54) is 19.2 Å². The quantitative estimate of drug-likeness (QED) is 0.513. The summed E-state index contributed by atoms with van der Waals surface area (Å²) in [6, 6.07) is 11.3. The molecule has 1 heterocycles. The van der Waals surface area contributed by atoms with Crippen LogP contribution in [0, 0.1) is 10.1 Å². The molecule has 0 saturated carbocycles. The summed E-state index contributed by atoms with van der Waals surface area (Å²) in [7, 11) is 2.95. The number of hydrogen-bond donors (Lipinski definition) is 2. The largest absolute Gasteiger partial charge is 0.497 e. The number of nitro benzene ring substituents is 1. The van der Waals surface area contributed by atoms with Crippen molar-refractivity contribution in [2.75, 3.05) is 14.2 Å². The second-order valence-electron chi connectivity index (χ2n) is 5.44. The van der Waals surface area contributed by atoms with Gasteiger partial charge >= 0.3 is 5.69 Å². The minimum Gasteiger partial charge on any atom is -0.497 e. The summed E-state index contributed by atoms with van der Waals surface area (Å²) in [5.74, 6) is 1.60. The highest BCUT2D eigenvalue weighted by Gasteiger charge is 2.19. The van der Waals surface area contributed by atoms with Crippen LogP contribution in [0.15, 0.2) is 42.5 Å². The summed E-state index contributed by atoms with van der Waals surface area (Å²) in [5.41, 5.74) is 7.36. The molecule has 134 valence electrons. The Morgan fingerprint density at radius 1 is 1.19 bits per heavy atom. The Hall–Kier alpha value is -3.46. The van der Waals surface area contributed by atoms with Gasteiger partial charge in [0.15, 0.2) is 11.6 Å². The topological polar surface area (TPSA) is 129 Å². The first kappa shape index (κ1) is 17.4. The number of H-pyrrole nitrogens is 1. The van der Waals surface area contributed by atoms with E-state index in [2.05, 4.69) is 15.2 Å². The lowest BCUT2D eigenvalue weighted by Gasteiger charge is -2.09. The maximum absolute atomic E-state index is 11.2. The third kappa shape index (κ3) is 3.33. The second-order valence-corrected chi connectivity index (χ2v) is 5.44. The van der Waals surface area contributed by atoms with Crippen molar-refractivity contribution in [1.82, 2.24) is 15.2 Å². The first-order valence-corrected chi connectivity index (χ1v) is 7.68. The highest BCUT2D eigenvalue weighted by Crippen LogP contribution is 2.31. The molecule has 0 aliphatic heterocycles. The van der Waals surface area contributed by atoms with Crippen molar-refractivity contribution in [3.05, 3.63) is 64.0 Å². The van der Waals surface area contributed by atoms with Crippen molar-refractivity contribution in [1.29, 1.82) is 0 Å². The van der Waals surface area contributed by atoms with E-state index in [1.807, 2.05) is 24.3 Å². The lowest BCUT2D eigenvalue weighted by molar-refractivity contribution is -0.385. The Bertz CT molecular complexity index is 940. The van der Waals surface area contributed by atoms with Gasteiger partial charge in [0, 0.05) is 11.6 Å². The van der Waals surface area contributed by atoms with Crippen LogP contribution in [-0.2, 0) is 0 Å². The molecule has 0 aliphatic rings. The molecule has 0 saturated heterocycles. The number of benzene rings is 2. The molecule has 0 bridgehead atoms. The first-order chi connectivity index (χ1) is 12.5. The fourth-order valence-electron chi connectivity index (χ4n) is 2.51. The summed E-state index contributed by atoms with van der Waals surface area (Å²) in [6.45, 7) is 0.